The minimum atomic E-state index is -0.893. The average Bonchev–Trinajstić information content (AvgIpc) is 2.87. The Morgan fingerprint density at radius 3 is 2.73 bits per heavy atom. The molecule has 0 radical (unpaired) electrons. The zero-order chi connectivity index (χ0) is 23.3. The molecule has 6 nitrogen and oxygen atoms in total. The number of rotatable bonds is 6. The summed E-state index contributed by atoms with van der Waals surface area (Å²) in [5.41, 5.74) is 0.943. The smallest absolute Gasteiger partial charge is 0.254 e. The number of likely N-dealkylation sites (tertiary alicyclic amines) is 1. The highest BCUT2D eigenvalue weighted by molar-refractivity contribution is 5.96. The second-order valence-corrected chi connectivity index (χ2v) is 8.15. The SMILES string of the molecule is CNC(=O)C1(c2ccccn2)CCCN(C(=O)c2cccc(OCc3cccc(F)c3)c2)C1. The molecule has 2 heterocycles. The fourth-order valence-corrected chi connectivity index (χ4v) is 4.32. The molecule has 7 heteroatoms. The van der Waals surface area contributed by atoms with Gasteiger partial charge in [0.2, 0.25) is 5.91 Å². The summed E-state index contributed by atoms with van der Waals surface area (Å²) in [4.78, 5) is 32.5. The van der Waals surface area contributed by atoms with Crippen LogP contribution in [0.25, 0.3) is 0 Å². The number of pyridine rings is 1. The number of aromatic nitrogens is 1. The molecule has 0 saturated carbocycles. The van der Waals surface area contributed by atoms with Crippen molar-refractivity contribution in [2.45, 2.75) is 24.9 Å². The summed E-state index contributed by atoms with van der Waals surface area (Å²) in [6, 6.07) is 18.6. The van der Waals surface area contributed by atoms with Crippen molar-refractivity contribution in [2.24, 2.45) is 0 Å². The minimum Gasteiger partial charge on any atom is -0.489 e. The van der Waals surface area contributed by atoms with Gasteiger partial charge in [-0.2, -0.15) is 0 Å². The van der Waals surface area contributed by atoms with Gasteiger partial charge < -0.3 is 15.0 Å². The summed E-state index contributed by atoms with van der Waals surface area (Å²) in [5, 5.41) is 2.76. The molecule has 2 amide bonds. The summed E-state index contributed by atoms with van der Waals surface area (Å²) in [6.07, 6.45) is 2.97. The molecule has 170 valence electrons. The fraction of sp³-hybridized carbons (Fsp3) is 0.269. The summed E-state index contributed by atoms with van der Waals surface area (Å²) in [7, 11) is 1.60. The molecular formula is C26H26FN3O3. The molecule has 1 fully saturated rings. The molecule has 1 aliphatic rings. The van der Waals surface area contributed by atoms with Crippen LogP contribution in [0.5, 0.6) is 5.75 Å². The van der Waals surface area contributed by atoms with E-state index >= 15 is 0 Å². The van der Waals surface area contributed by atoms with E-state index in [-0.39, 0.29) is 30.8 Å². The maximum Gasteiger partial charge on any atom is 0.254 e. The predicted octanol–water partition coefficient (Wildman–Crippen LogP) is 3.72. The molecule has 0 bridgehead atoms. The number of nitrogens with zero attached hydrogens (tertiary/aromatic N) is 2. The van der Waals surface area contributed by atoms with Crippen molar-refractivity contribution in [3.8, 4) is 5.75 Å². The number of likely N-dealkylation sites (N-methyl/N-ethyl adjacent to an activating group) is 1. The van der Waals surface area contributed by atoms with Gasteiger partial charge in [-0.25, -0.2) is 4.39 Å². The first kappa shape index (κ1) is 22.5. The number of piperidine rings is 1. The molecule has 1 aliphatic heterocycles. The highest BCUT2D eigenvalue weighted by Gasteiger charge is 2.45. The molecule has 3 aromatic rings. The molecule has 4 rings (SSSR count). The standard InChI is InChI=1S/C26H26FN3O3/c1-28-25(32)26(23-11-2-3-13-29-23)12-6-14-30(18-26)24(31)20-8-5-10-22(16-20)33-17-19-7-4-9-21(27)15-19/h2-5,7-11,13,15-16H,6,12,14,17-18H2,1H3,(H,28,32). The van der Waals surface area contributed by atoms with Crippen LogP contribution in [0.2, 0.25) is 0 Å². The second-order valence-electron chi connectivity index (χ2n) is 8.15. The van der Waals surface area contributed by atoms with Crippen LogP contribution in [0.1, 0.15) is 34.5 Å². The lowest BCUT2D eigenvalue weighted by Crippen LogP contribution is -2.56. The van der Waals surface area contributed by atoms with Gasteiger partial charge in [0.05, 0.1) is 5.69 Å². The number of hydrogen-bond acceptors (Lipinski definition) is 4. The topological polar surface area (TPSA) is 71.5 Å². The molecule has 1 aromatic heterocycles. The van der Waals surface area contributed by atoms with Gasteiger partial charge in [0.15, 0.2) is 0 Å². The van der Waals surface area contributed by atoms with Gasteiger partial charge in [-0.15, -0.1) is 0 Å². The number of ether oxygens (including phenoxy) is 1. The molecular weight excluding hydrogens is 421 g/mol. The number of carbonyl (C=O) groups excluding carboxylic acids is 2. The Bertz CT molecular complexity index is 1140. The molecule has 33 heavy (non-hydrogen) atoms. The predicted molar refractivity (Wildman–Crippen MR) is 122 cm³/mol. The van der Waals surface area contributed by atoms with E-state index in [2.05, 4.69) is 10.3 Å². The number of benzene rings is 2. The van der Waals surface area contributed by atoms with Gasteiger partial charge >= 0.3 is 0 Å². The van der Waals surface area contributed by atoms with Gasteiger partial charge in [0.1, 0.15) is 23.6 Å². The van der Waals surface area contributed by atoms with Gasteiger partial charge in [0.25, 0.3) is 5.91 Å². The van der Waals surface area contributed by atoms with Crippen molar-refractivity contribution < 1.29 is 18.7 Å². The highest BCUT2D eigenvalue weighted by Crippen LogP contribution is 2.34. The van der Waals surface area contributed by atoms with Crippen LogP contribution in [0.15, 0.2) is 72.9 Å². The molecule has 0 aliphatic carbocycles. The lowest BCUT2D eigenvalue weighted by molar-refractivity contribution is -0.128. The molecule has 0 spiro atoms. The van der Waals surface area contributed by atoms with Crippen LogP contribution in [0.3, 0.4) is 0 Å². The Morgan fingerprint density at radius 1 is 1.12 bits per heavy atom. The molecule has 1 atom stereocenters. The first-order valence-electron chi connectivity index (χ1n) is 10.9. The van der Waals surface area contributed by atoms with Crippen LogP contribution in [0, 0.1) is 5.82 Å². The number of amides is 2. The third kappa shape index (κ3) is 4.87. The summed E-state index contributed by atoms with van der Waals surface area (Å²) < 4.78 is 19.2. The molecule has 1 unspecified atom stereocenters. The van der Waals surface area contributed by atoms with E-state index in [4.69, 9.17) is 4.74 Å². The largest absolute Gasteiger partial charge is 0.489 e. The zero-order valence-corrected chi connectivity index (χ0v) is 18.5. The van der Waals surface area contributed by atoms with Crippen molar-refractivity contribution in [1.82, 2.24) is 15.2 Å². The first-order chi connectivity index (χ1) is 16.0. The van der Waals surface area contributed by atoms with Crippen LogP contribution in [-0.4, -0.2) is 41.8 Å². The van der Waals surface area contributed by atoms with Crippen LogP contribution < -0.4 is 10.1 Å². The van der Waals surface area contributed by atoms with Crippen molar-refractivity contribution in [2.75, 3.05) is 20.1 Å². The van der Waals surface area contributed by atoms with Gasteiger partial charge in [-0.3, -0.25) is 14.6 Å². The normalized spacial score (nSPS) is 17.9. The Hall–Kier alpha value is -3.74. The van der Waals surface area contributed by atoms with E-state index in [1.165, 1.54) is 12.1 Å². The van der Waals surface area contributed by atoms with E-state index in [0.717, 1.165) is 0 Å². The number of nitrogens with one attached hydrogen (secondary N) is 1. The second kappa shape index (κ2) is 9.81. The number of carbonyl (C=O) groups is 2. The monoisotopic (exact) mass is 447 g/mol. The van der Waals surface area contributed by atoms with E-state index in [1.54, 1.807) is 54.5 Å². The van der Waals surface area contributed by atoms with Crippen LogP contribution in [0.4, 0.5) is 4.39 Å². The third-order valence-electron chi connectivity index (χ3n) is 5.97. The molecule has 1 saturated heterocycles. The summed E-state index contributed by atoms with van der Waals surface area (Å²) in [6.45, 7) is 0.994. The lowest BCUT2D eigenvalue weighted by atomic mass is 9.75. The zero-order valence-electron chi connectivity index (χ0n) is 18.5. The number of hydrogen-bond donors (Lipinski definition) is 1. The Labute approximate surface area is 192 Å². The minimum absolute atomic E-state index is 0.147. The number of halogens is 1. The van der Waals surface area contributed by atoms with Crippen molar-refractivity contribution in [3.05, 3.63) is 95.6 Å². The highest BCUT2D eigenvalue weighted by atomic mass is 19.1. The van der Waals surface area contributed by atoms with Crippen molar-refractivity contribution >= 4 is 11.8 Å². The first-order valence-corrected chi connectivity index (χ1v) is 10.9. The maximum atomic E-state index is 13.4. The van der Waals surface area contributed by atoms with E-state index in [0.29, 0.717) is 42.0 Å². The van der Waals surface area contributed by atoms with E-state index in [9.17, 15) is 14.0 Å². The molecule has 2 aromatic carbocycles. The van der Waals surface area contributed by atoms with E-state index in [1.807, 2.05) is 18.2 Å². The average molecular weight is 448 g/mol. The van der Waals surface area contributed by atoms with Gasteiger partial charge in [-0.05, 0) is 60.9 Å². The summed E-state index contributed by atoms with van der Waals surface area (Å²) in [5.74, 6) is -0.122. The molecule has 1 N–H and O–H groups in total. The van der Waals surface area contributed by atoms with Gasteiger partial charge in [0, 0.05) is 31.9 Å². The maximum absolute atomic E-state index is 13.4. The van der Waals surface area contributed by atoms with E-state index < -0.39 is 5.41 Å². The summed E-state index contributed by atoms with van der Waals surface area (Å²) >= 11 is 0. The van der Waals surface area contributed by atoms with Crippen LogP contribution in [-0.2, 0) is 16.8 Å². The quantitative estimate of drug-likeness (QED) is 0.625. The van der Waals surface area contributed by atoms with Crippen LogP contribution >= 0.6 is 0 Å². The van der Waals surface area contributed by atoms with Gasteiger partial charge in [-0.1, -0.05) is 24.3 Å². The Balaban J connectivity index is 1.52. The van der Waals surface area contributed by atoms with Crippen molar-refractivity contribution in [1.29, 1.82) is 0 Å². The Kier molecular flexibility index (Phi) is 6.68. The lowest BCUT2D eigenvalue weighted by Gasteiger charge is -2.41. The third-order valence-corrected chi connectivity index (χ3v) is 5.97. The Morgan fingerprint density at radius 2 is 1.97 bits per heavy atom. The fourth-order valence-electron chi connectivity index (χ4n) is 4.32. The van der Waals surface area contributed by atoms with Crippen molar-refractivity contribution in [3.63, 3.8) is 0 Å².